The second kappa shape index (κ2) is 4.85. The van der Waals surface area contributed by atoms with Crippen molar-refractivity contribution >= 4 is 5.82 Å². The third-order valence-corrected chi connectivity index (χ3v) is 3.79. The summed E-state index contributed by atoms with van der Waals surface area (Å²) in [6.45, 7) is 4.19. The maximum absolute atomic E-state index is 13.0. The summed E-state index contributed by atoms with van der Waals surface area (Å²) in [7, 11) is 0. The van der Waals surface area contributed by atoms with Crippen molar-refractivity contribution in [2.45, 2.75) is 38.1 Å². The number of benzene rings is 1. The Bertz CT molecular complexity index is 586. The van der Waals surface area contributed by atoms with Crippen LogP contribution in [0, 0.1) is 5.82 Å². The Morgan fingerprint density at radius 1 is 1.05 bits per heavy atom. The highest BCUT2D eigenvalue weighted by atomic mass is 19.1. The minimum atomic E-state index is -0.203. The molecule has 1 aliphatic rings. The predicted molar refractivity (Wildman–Crippen MR) is 77.1 cm³/mol. The molecule has 0 aliphatic heterocycles. The first-order chi connectivity index (χ1) is 9.59. The Labute approximate surface area is 118 Å². The van der Waals surface area contributed by atoms with Gasteiger partial charge in [0.15, 0.2) is 0 Å². The number of nitrogens with one attached hydrogen (secondary N) is 1. The fraction of sp³-hybridized carbons (Fsp3) is 0.375. The van der Waals surface area contributed by atoms with Gasteiger partial charge in [0.05, 0.1) is 11.2 Å². The van der Waals surface area contributed by atoms with E-state index in [0.717, 1.165) is 29.9 Å². The third kappa shape index (κ3) is 2.50. The van der Waals surface area contributed by atoms with Gasteiger partial charge in [-0.25, -0.2) is 4.39 Å². The number of anilines is 1. The van der Waals surface area contributed by atoms with Crippen LogP contribution >= 0.6 is 0 Å². The maximum Gasteiger partial charge on any atom is 0.149 e. The molecule has 1 aliphatic carbocycles. The summed E-state index contributed by atoms with van der Waals surface area (Å²) >= 11 is 0. The molecule has 2 aromatic rings. The van der Waals surface area contributed by atoms with Crippen LogP contribution < -0.4 is 5.32 Å². The van der Waals surface area contributed by atoms with Gasteiger partial charge in [0.25, 0.3) is 0 Å². The Hall–Kier alpha value is -1.97. The summed E-state index contributed by atoms with van der Waals surface area (Å²) in [6, 6.07) is 10.7. The standard InChI is InChI=1S/C16H18FN3/c1-11(2)14-7-8-15(20-19-14)18-16(9-10-16)12-3-5-13(17)6-4-12/h3-8,11H,9-10H2,1-2H3,(H,18,20). The first-order valence-corrected chi connectivity index (χ1v) is 6.97. The summed E-state index contributed by atoms with van der Waals surface area (Å²) in [5, 5.41) is 11.9. The molecular formula is C16H18FN3. The molecule has 0 saturated heterocycles. The average molecular weight is 271 g/mol. The molecule has 3 rings (SSSR count). The number of hydrogen-bond acceptors (Lipinski definition) is 3. The quantitative estimate of drug-likeness (QED) is 0.918. The van der Waals surface area contributed by atoms with E-state index in [0.29, 0.717) is 5.92 Å². The summed E-state index contributed by atoms with van der Waals surface area (Å²) in [5.41, 5.74) is 2.00. The van der Waals surface area contributed by atoms with Gasteiger partial charge >= 0.3 is 0 Å². The first-order valence-electron chi connectivity index (χ1n) is 6.97. The van der Waals surface area contributed by atoms with E-state index in [9.17, 15) is 4.39 Å². The van der Waals surface area contributed by atoms with E-state index in [2.05, 4.69) is 29.4 Å². The molecule has 3 nitrogen and oxygen atoms in total. The van der Waals surface area contributed by atoms with Gasteiger partial charge < -0.3 is 5.32 Å². The zero-order valence-corrected chi connectivity index (χ0v) is 11.7. The van der Waals surface area contributed by atoms with Gasteiger partial charge in [-0.1, -0.05) is 26.0 Å². The monoisotopic (exact) mass is 271 g/mol. The molecule has 0 spiro atoms. The maximum atomic E-state index is 13.0. The molecule has 4 heteroatoms. The van der Waals surface area contributed by atoms with Crippen molar-refractivity contribution in [1.29, 1.82) is 0 Å². The highest BCUT2D eigenvalue weighted by molar-refractivity contribution is 5.45. The Balaban J connectivity index is 1.78. The van der Waals surface area contributed by atoms with E-state index in [4.69, 9.17) is 0 Å². The fourth-order valence-corrected chi connectivity index (χ4v) is 2.34. The normalized spacial score (nSPS) is 16.2. The van der Waals surface area contributed by atoms with Gasteiger partial charge in [-0.2, -0.15) is 5.10 Å². The van der Waals surface area contributed by atoms with E-state index in [1.807, 2.05) is 24.3 Å². The predicted octanol–water partition coefficient (Wildman–Crippen LogP) is 3.84. The Morgan fingerprint density at radius 3 is 2.25 bits per heavy atom. The molecule has 1 N–H and O–H groups in total. The van der Waals surface area contributed by atoms with Crippen molar-refractivity contribution in [2.75, 3.05) is 5.32 Å². The Morgan fingerprint density at radius 2 is 1.75 bits per heavy atom. The lowest BCUT2D eigenvalue weighted by molar-refractivity contribution is 0.625. The van der Waals surface area contributed by atoms with E-state index in [1.54, 1.807) is 0 Å². The van der Waals surface area contributed by atoms with Crippen molar-refractivity contribution in [3.63, 3.8) is 0 Å². The van der Waals surface area contributed by atoms with Crippen molar-refractivity contribution in [3.8, 4) is 0 Å². The molecule has 1 saturated carbocycles. The lowest BCUT2D eigenvalue weighted by atomic mass is 10.0. The summed E-state index contributed by atoms with van der Waals surface area (Å²) in [5.74, 6) is 0.949. The van der Waals surface area contributed by atoms with Crippen LogP contribution in [0.5, 0.6) is 0 Å². The molecule has 20 heavy (non-hydrogen) atoms. The molecule has 1 heterocycles. The van der Waals surface area contributed by atoms with Crippen molar-refractivity contribution in [2.24, 2.45) is 0 Å². The third-order valence-electron chi connectivity index (χ3n) is 3.79. The number of hydrogen-bond donors (Lipinski definition) is 1. The van der Waals surface area contributed by atoms with Crippen LogP contribution in [0.1, 0.15) is 43.9 Å². The number of nitrogens with zero attached hydrogens (tertiary/aromatic N) is 2. The zero-order valence-electron chi connectivity index (χ0n) is 11.7. The summed E-state index contributed by atoms with van der Waals surface area (Å²) in [4.78, 5) is 0. The summed E-state index contributed by atoms with van der Waals surface area (Å²) in [6.07, 6.45) is 2.07. The lowest BCUT2D eigenvalue weighted by Gasteiger charge is -2.18. The van der Waals surface area contributed by atoms with Gasteiger partial charge in [0, 0.05) is 0 Å². The van der Waals surface area contributed by atoms with Crippen molar-refractivity contribution < 1.29 is 4.39 Å². The largest absolute Gasteiger partial charge is 0.359 e. The molecule has 0 bridgehead atoms. The highest BCUT2D eigenvalue weighted by Gasteiger charge is 2.44. The van der Waals surface area contributed by atoms with Crippen LogP contribution in [0.4, 0.5) is 10.2 Å². The van der Waals surface area contributed by atoms with E-state index >= 15 is 0 Å². The topological polar surface area (TPSA) is 37.8 Å². The summed E-state index contributed by atoms with van der Waals surface area (Å²) < 4.78 is 13.0. The smallest absolute Gasteiger partial charge is 0.149 e. The van der Waals surface area contributed by atoms with E-state index < -0.39 is 0 Å². The molecule has 0 unspecified atom stereocenters. The molecule has 1 aromatic heterocycles. The molecular weight excluding hydrogens is 253 g/mol. The molecule has 0 amide bonds. The molecule has 0 radical (unpaired) electrons. The van der Waals surface area contributed by atoms with Crippen LogP contribution in [0.2, 0.25) is 0 Å². The average Bonchev–Trinajstić information content (AvgIpc) is 3.21. The number of rotatable bonds is 4. The fourth-order valence-electron chi connectivity index (χ4n) is 2.34. The SMILES string of the molecule is CC(C)c1ccc(NC2(c3ccc(F)cc3)CC2)nn1. The van der Waals surface area contributed by atoms with Crippen molar-refractivity contribution in [1.82, 2.24) is 10.2 Å². The molecule has 1 fully saturated rings. The first kappa shape index (κ1) is 13.0. The molecule has 1 aromatic carbocycles. The lowest BCUT2D eigenvalue weighted by Crippen LogP contribution is -2.19. The van der Waals surface area contributed by atoms with Crippen LogP contribution in [0.15, 0.2) is 36.4 Å². The van der Waals surface area contributed by atoms with Crippen LogP contribution in [0.3, 0.4) is 0 Å². The van der Waals surface area contributed by atoms with Gasteiger partial charge in [-0.3, -0.25) is 0 Å². The molecule has 104 valence electrons. The van der Waals surface area contributed by atoms with E-state index in [1.165, 1.54) is 12.1 Å². The van der Waals surface area contributed by atoms with E-state index in [-0.39, 0.29) is 11.4 Å². The van der Waals surface area contributed by atoms with Gasteiger partial charge in [-0.05, 0) is 48.6 Å². The Kier molecular flexibility index (Phi) is 3.16. The minimum Gasteiger partial charge on any atom is -0.359 e. The number of halogens is 1. The molecule has 0 atom stereocenters. The highest BCUT2D eigenvalue weighted by Crippen LogP contribution is 2.47. The van der Waals surface area contributed by atoms with Crippen molar-refractivity contribution in [3.05, 3.63) is 53.5 Å². The second-order valence-electron chi connectivity index (χ2n) is 5.71. The van der Waals surface area contributed by atoms with Crippen LogP contribution in [0.25, 0.3) is 0 Å². The minimum absolute atomic E-state index is 0.0955. The van der Waals surface area contributed by atoms with Gasteiger partial charge in [0.2, 0.25) is 0 Å². The van der Waals surface area contributed by atoms with Gasteiger partial charge in [0.1, 0.15) is 11.6 Å². The van der Waals surface area contributed by atoms with Crippen LogP contribution in [-0.2, 0) is 5.54 Å². The van der Waals surface area contributed by atoms with Gasteiger partial charge in [-0.15, -0.1) is 5.10 Å². The number of aromatic nitrogens is 2. The second-order valence-corrected chi connectivity index (χ2v) is 5.71. The van der Waals surface area contributed by atoms with Crippen LogP contribution in [-0.4, -0.2) is 10.2 Å². The zero-order chi connectivity index (χ0) is 14.2.